The molecule has 0 fully saturated rings. The number of imidazole rings is 1. The van der Waals surface area contributed by atoms with E-state index in [9.17, 15) is 9.90 Å². The van der Waals surface area contributed by atoms with Crippen molar-refractivity contribution < 1.29 is 9.90 Å². The van der Waals surface area contributed by atoms with Gasteiger partial charge in [-0.05, 0) is 47.4 Å². The van der Waals surface area contributed by atoms with E-state index in [1.54, 1.807) is 19.3 Å². The molecule has 0 radical (unpaired) electrons. The number of nitrogens with zero attached hydrogens (tertiary/aromatic N) is 3. The number of aromatic carboxylic acids is 1. The quantitative estimate of drug-likeness (QED) is 0.491. The van der Waals surface area contributed by atoms with Crippen LogP contribution in [0, 0.1) is 0 Å². The fraction of sp³-hybridized carbons (Fsp3) is 0.125. The molecule has 0 bridgehead atoms. The molecule has 29 heavy (non-hydrogen) atoms. The molecular weight excluding hydrogens is 362 g/mol. The highest BCUT2D eigenvalue weighted by Crippen LogP contribution is 2.23. The average Bonchev–Trinajstić information content (AvgIpc) is 3.16. The minimum atomic E-state index is -0.950. The number of rotatable bonds is 6. The van der Waals surface area contributed by atoms with Gasteiger partial charge in [0.15, 0.2) is 0 Å². The van der Waals surface area contributed by atoms with E-state index < -0.39 is 5.97 Å². The molecule has 1 aromatic heterocycles. The van der Waals surface area contributed by atoms with Gasteiger partial charge in [0, 0.05) is 25.4 Å². The third-order valence-corrected chi connectivity index (χ3v) is 5.01. The van der Waals surface area contributed by atoms with Crippen molar-refractivity contribution >= 4 is 23.2 Å². The Balaban J connectivity index is 1.52. The molecule has 0 unspecified atom stereocenters. The van der Waals surface area contributed by atoms with Crippen LogP contribution in [0.2, 0.25) is 0 Å². The molecule has 0 aliphatic heterocycles. The van der Waals surface area contributed by atoms with Crippen LogP contribution in [0.3, 0.4) is 0 Å². The SMILES string of the molecule is C/N=C/c1cc(-c2ccc(CCn3cnc4ccccc43)cc2)ccc1C(=O)O. The predicted octanol–water partition coefficient (Wildman–Crippen LogP) is 4.69. The minimum Gasteiger partial charge on any atom is -0.478 e. The summed E-state index contributed by atoms with van der Waals surface area (Å²) in [5.41, 5.74) is 6.27. The van der Waals surface area contributed by atoms with E-state index in [4.69, 9.17) is 0 Å². The lowest BCUT2D eigenvalue weighted by Crippen LogP contribution is -2.02. The van der Waals surface area contributed by atoms with Gasteiger partial charge >= 0.3 is 5.97 Å². The average molecular weight is 383 g/mol. The highest BCUT2D eigenvalue weighted by Gasteiger charge is 2.10. The molecule has 0 amide bonds. The van der Waals surface area contributed by atoms with Gasteiger partial charge in [-0.15, -0.1) is 0 Å². The van der Waals surface area contributed by atoms with Crippen molar-refractivity contribution in [1.29, 1.82) is 0 Å². The van der Waals surface area contributed by atoms with Crippen molar-refractivity contribution in [1.82, 2.24) is 9.55 Å². The molecule has 3 aromatic carbocycles. The normalized spacial score (nSPS) is 11.3. The number of aryl methyl sites for hydroxylation is 2. The van der Waals surface area contributed by atoms with Crippen LogP contribution in [-0.4, -0.2) is 33.9 Å². The van der Waals surface area contributed by atoms with Gasteiger partial charge in [0.2, 0.25) is 0 Å². The van der Waals surface area contributed by atoms with E-state index in [-0.39, 0.29) is 5.56 Å². The summed E-state index contributed by atoms with van der Waals surface area (Å²) in [5.74, 6) is -0.950. The lowest BCUT2D eigenvalue weighted by atomic mass is 9.98. The zero-order valence-electron chi connectivity index (χ0n) is 16.1. The van der Waals surface area contributed by atoms with Crippen molar-refractivity contribution in [2.24, 2.45) is 4.99 Å². The summed E-state index contributed by atoms with van der Waals surface area (Å²) in [6.07, 6.45) is 4.38. The number of fused-ring (bicyclic) bond motifs is 1. The molecule has 5 heteroatoms. The Hall–Kier alpha value is -3.73. The van der Waals surface area contributed by atoms with Crippen molar-refractivity contribution in [2.75, 3.05) is 7.05 Å². The summed E-state index contributed by atoms with van der Waals surface area (Å²) in [5, 5.41) is 9.33. The first-order valence-corrected chi connectivity index (χ1v) is 9.44. The Morgan fingerprint density at radius 3 is 2.59 bits per heavy atom. The number of para-hydroxylation sites is 2. The maximum Gasteiger partial charge on any atom is 0.336 e. The smallest absolute Gasteiger partial charge is 0.336 e. The molecule has 144 valence electrons. The molecule has 5 nitrogen and oxygen atoms in total. The van der Waals surface area contributed by atoms with Crippen molar-refractivity contribution in [3.63, 3.8) is 0 Å². The molecule has 0 atom stereocenters. The highest BCUT2D eigenvalue weighted by atomic mass is 16.4. The van der Waals surface area contributed by atoms with Gasteiger partial charge in [-0.25, -0.2) is 9.78 Å². The summed E-state index contributed by atoms with van der Waals surface area (Å²) in [4.78, 5) is 19.8. The Morgan fingerprint density at radius 2 is 1.83 bits per heavy atom. The lowest BCUT2D eigenvalue weighted by Gasteiger charge is -2.08. The van der Waals surface area contributed by atoms with Crippen LogP contribution in [0.4, 0.5) is 0 Å². The molecule has 0 aliphatic rings. The Bertz CT molecular complexity index is 1190. The van der Waals surface area contributed by atoms with Crippen LogP contribution in [-0.2, 0) is 13.0 Å². The number of aromatic nitrogens is 2. The van der Waals surface area contributed by atoms with E-state index >= 15 is 0 Å². The lowest BCUT2D eigenvalue weighted by molar-refractivity contribution is 0.0697. The van der Waals surface area contributed by atoms with E-state index in [1.807, 2.05) is 36.7 Å². The number of benzene rings is 3. The number of hydrogen-bond donors (Lipinski definition) is 1. The van der Waals surface area contributed by atoms with Gasteiger partial charge in [0.1, 0.15) is 0 Å². The second-order valence-corrected chi connectivity index (χ2v) is 6.87. The first-order chi connectivity index (χ1) is 14.2. The Kier molecular flexibility index (Phi) is 5.20. The van der Waals surface area contributed by atoms with Crippen LogP contribution >= 0.6 is 0 Å². The van der Waals surface area contributed by atoms with Gasteiger partial charge in [-0.3, -0.25) is 4.99 Å². The molecule has 0 saturated heterocycles. The minimum absolute atomic E-state index is 0.253. The molecule has 4 rings (SSSR count). The standard InChI is InChI=1S/C24H21N3O2/c1-25-15-20-14-19(10-11-21(20)24(28)29)18-8-6-17(7-9-18)12-13-27-16-26-22-4-2-3-5-23(22)27/h2-11,14-16H,12-13H2,1H3,(H,28,29)/b25-15+. The van der Waals surface area contributed by atoms with Gasteiger partial charge in [0.05, 0.1) is 22.9 Å². The number of carboxylic acid groups (broad SMARTS) is 1. The summed E-state index contributed by atoms with van der Waals surface area (Å²) in [7, 11) is 1.64. The number of hydrogen-bond acceptors (Lipinski definition) is 3. The predicted molar refractivity (Wildman–Crippen MR) is 116 cm³/mol. The second-order valence-electron chi connectivity index (χ2n) is 6.87. The van der Waals surface area contributed by atoms with Crippen LogP contribution in [0.15, 0.2) is 78.0 Å². The second kappa shape index (κ2) is 8.10. The number of carboxylic acids is 1. The molecular formula is C24H21N3O2. The van der Waals surface area contributed by atoms with Gasteiger partial charge in [-0.1, -0.05) is 42.5 Å². The molecule has 1 heterocycles. The summed E-state index contributed by atoms with van der Waals surface area (Å²) in [6.45, 7) is 0.865. The van der Waals surface area contributed by atoms with E-state index in [1.165, 1.54) is 5.56 Å². The molecule has 4 aromatic rings. The van der Waals surface area contributed by atoms with Gasteiger partial charge in [-0.2, -0.15) is 0 Å². The topological polar surface area (TPSA) is 67.5 Å². The van der Waals surface area contributed by atoms with Gasteiger partial charge in [0.25, 0.3) is 0 Å². The third kappa shape index (κ3) is 3.94. The fourth-order valence-electron chi connectivity index (χ4n) is 3.48. The molecule has 1 N–H and O–H groups in total. The fourth-order valence-corrected chi connectivity index (χ4v) is 3.48. The molecule has 0 aliphatic carbocycles. The summed E-state index contributed by atoms with van der Waals surface area (Å²) in [6, 6.07) is 21.9. The summed E-state index contributed by atoms with van der Waals surface area (Å²) < 4.78 is 2.17. The van der Waals surface area contributed by atoms with Crippen molar-refractivity contribution in [3.05, 3.63) is 89.7 Å². The Morgan fingerprint density at radius 1 is 1.07 bits per heavy atom. The largest absolute Gasteiger partial charge is 0.478 e. The molecule has 0 saturated carbocycles. The van der Waals surface area contributed by atoms with Crippen LogP contribution in [0.1, 0.15) is 21.5 Å². The van der Waals surface area contributed by atoms with E-state index in [0.717, 1.165) is 35.1 Å². The van der Waals surface area contributed by atoms with Crippen LogP contribution in [0.25, 0.3) is 22.2 Å². The molecule has 0 spiro atoms. The zero-order valence-corrected chi connectivity index (χ0v) is 16.1. The first-order valence-electron chi connectivity index (χ1n) is 9.44. The maximum atomic E-state index is 11.4. The zero-order chi connectivity index (χ0) is 20.2. The maximum absolute atomic E-state index is 11.4. The van der Waals surface area contributed by atoms with E-state index in [2.05, 4.69) is 44.9 Å². The number of aliphatic imine (C=N–C) groups is 1. The highest BCUT2D eigenvalue weighted by molar-refractivity contribution is 5.99. The van der Waals surface area contributed by atoms with E-state index in [0.29, 0.717) is 5.56 Å². The first kappa shape index (κ1) is 18.6. The third-order valence-electron chi connectivity index (χ3n) is 5.01. The van der Waals surface area contributed by atoms with Gasteiger partial charge < -0.3 is 9.67 Å². The Labute approximate surface area is 169 Å². The monoisotopic (exact) mass is 383 g/mol. The van der Waals surface area contributed by atoms with Crippen molar-refractivity contribution in [2.45, 2.75) is 13.0 Å². The van der Waals surface area contributed by atoms with Crippen LogP contribution in [0.5, 0.6) is 0 Å². The summed E-state index contributed by atoms with van der Waals surface area (Å²) >= 11 is 0. The van der Waals surface area contributed by atoms with Crippen molar-refractivity contribution in [3.8, 4) is 11.1 Å². The van der Waals surface area contributed by atoms with Crippen LogP contribution < -0.4 is 0 Å². The number of carbonyl (C=O) groups is 1.